The Labute approximate surface area is 189 Å². The molecule has 168 valence electrons. The van der Waals surface area contributed by atoms with Crippen molar-refractivity contribution >= 4 is 17.5 Å². The number of carbonyl (C=O) groups is 1. The molecule has 0 spiro atoms. The predicted molar refractivity (Wildman–Crippen MR) is 122 cm³/mol. The van der Waals surface area contributed by atoms with Crippen LogP contribution in [-0.4, -0.2) is 54.4 Å². The average molecular weight is 447 g/mol. The molecule has 1 aliphatic heterocycles. The molecule has 2 aromatic rings. The van der Waals surface area contributed by atoms with Crippen molar-refractivity contribution in [2.75, 3.05) is 32.8 Å². The fraction of sp³-hybridized carbons (Fsp3) is 0.458. The van der Waals surface area contributed by atoms with E-state index >= 15 is 0 Å². The minimum atomic E-state index is -0.812. The molecule has 1 saturated heterocycles. The summed E-state index contributed by atoms with van der Waals surface area (Å²) in [5.74, 6) is 1.49. The lowest BCUT2D eigenvalue weighted by atomic mass is 9.92. The molecule has 0 aromatic heterocycles. The average Bonchev–Trinajstić information content (AvgIpc) is 2.75. The third-order valence-electron chi connectivity index (χ3n) is 5.38. The van der Waals surface area contributed by atoms with Crippen LogP contribution in [0.2, 0.25) is 5.02 Å². The van der Waals surface area contributed by atoms with E-state index < -0.39 is 5.60 Å². The fourth-order valence-corrected chi connectivity index (χ4v) is 3.70. The Morgan fingerprint density at radius 3 is 2.55 bits per heavy atom. The molecule has 6 nitrogen and oxygen atoms in total. The monoisotopic (exact) mass is 446 g/mol. The lowest BCUT2D eigenvalue weighted by molar-refractivity contribution is -0.118. The molecule has 0 radical (unpaired) electrons. The van der Waals surface area contributed by atoms with Gasteiger partial charge in [-0.1, -0.05) is 29.8 Å². The smallest absolute Gasteiger partial charge is 0.216 e. The Morgan fingerprint density at radius 2 is 1.87 bits per heavy atom. The van der Waals surface area contributed by atoms with Gasteiger partial charge in [-0.05, 0) is 55.2 Å². The molecule has 1 aliphatic rings. The van der Waals surface area contributed by atoms with Crippen molar-refractivity contribution in [1.82, 2.24) is 10.2 Å². The van der Waals surface area contributed by atoms with Crippen molar-refractivity contribution in [2.45, 2.75) is 38.3 Å². The zero-order valence-corrected chi connectivity index (χ0v) is 18.7. The van der Waals surface area contributed by atoms with Crippen molar-refractivity contribution in [2.24, 2.45) is 0 Å². The molecule has 3 rings (SSSR count). The second kappa shape index (κ2) is 11.4. The van der Waals surface area contributed by atoms with Crippen molar-refractivity contribution in [3.8, 4) is 11.5 Å². The van der Waals surface area contributed by atoms with Gasteiger partial charge in [0.25, 0.3) is 0 Å². The van der Waals surface area contributed by atoms with E-state index in [2.05, 4.69) is 22.3 Å². The van der Waals surface area contributed by atoms with Crippen LogP contribution in [0.3, 0.4) is 0 Å². The molecular formula is C24H31ClN2O4. The summed E-state index contributed by atoms with van der Waals surface area (Å²) in [5.41, 5.74) is 0.402. The number of likely N-dealkylation sites (tertiary alicyclic amines) is 1. The third kappa shape index (κ3) is 8.05. The first-order valence-corrected chi connectivity index (χ1v) is 11.1. The topological polar surface area (TPSA) is 71.0 Å². The maximum absolute atomic E-state index is 10.8. The van der Waals surface area contributed by atoms with Crippen LogP contribution in [0.25, 0.3) is 0 Å². The SMILES string of the molecule is CC(=O)NCCCOc1ccc(CN2CCC(O)(COc3cccc(Cl)c3)CC2)cc1. The number of amides is 1. The largest absolute Gasteiger partial charge is 0.494 e. The van der Waals surface area contributed by atoms with Gasteiger partial charge in [-0.2, -0.15) is 0 Å². The van der Waals surface area contributed by atoms with Gasteiger partial charge < -0.3 is 19.9 Å². The van der Waals surface area contributed by atoms with Gasteiger partial charge in [0.15, 0.2) is 0 Å². The molecule has 2 N–H and O–H groups in total. The van der Waals surface area contributed by atoms with Crippen molar-refractivity contribution in [3.05, 3.63) is 59.1 Å². The number of halogens is 1. The lowest BCUT2D eigenvalue weighted by Gasteiger charge is -2.38. The summed E-state index contributed by atoms with van der Waals surface area (Å²) in [6, 6.07) is 15.4. The van der Waals surface area contributed by atoms with Crippen LogP contribution < -0.4 is 14.8 Å². The van der Waals surface area contributed by atoms with Crippen LogP contribution in [0.5, 0.6) is 11.5 Å². The Bertz CT molecular complexity index is 836. The maximum Gasteiger partial charge on any atom is 0.216 e. The van der Waals surface area contributed by atoms with Crippen LogP contribution in [0.4, 0.5) is 0 Å². The summed E-state index contributed by atoms with van der Waals surface area (Å²) in [6.45, 7) is 5.45. The highest BCUT2D eigenvalue weighted by Gasteiger charge is 2.33. The lowest BCUT2D eigenvalue weighted by Crippen LogP contribution is -2.47. The number of aliphatic hydroxyl groups is 1. The second-order valence-electron chi connectivity index (χ2n) is 8.08. The highest BCUT2D eigenvalue weighted by molar-refractivity contribution is 6.30. The van der Waals surface area contributed by atoms with Gasteiger partial charge >= 0.3 is 0 Å². The van der Waals surface area contributed by atoms with Crippen LogP contribution in [-0.2, 0) is 11.3 Å². The molecule has 1 amide bonds. The van der Waals surface area contributed by atoms with E-state index in [9.17, 15) is 9.90 Å². The first-order valence-electron chi connectivity index (χ1n) is 10.7. The fourth-order valence-electron chi connectivity index (χ4n) is 3.52. The quantitative estimate of drug-likeness (QED) is 0.545. The van der Waals surface area contributed by atoms with E-state index in [-0.39, 0.29) is 12.5 Å². The third-order valence-corrected chi connectivity index (χ3v) is 5.62. The molecule has 1 heterocycles. The first-order chi connectivity index (χ1) is 14.9. The van der Waals surface area contributed by atoms with E-state index in [1.54, 1.807) is 12.1 Å². The van der Waals surface area contributed by atoms with Gasteiger partial charge in [-0.25, -0.2) is 0 Å². The summed E-state index contributed by atoms with van der Waals surface area (Å²) >= 11 is 5.98. The molecule has 0 unspecified atom stereocenters. The van der Waals surface area contributed by atoms with E-state index in [1.807, 2.05) is 24.3 Å². The first kappa shape index (κ1) is 23.4. The zero-order chi connectivity index (χ0) is 22.1. The molecule has 0 atom stereocenters. The normalized spacial score (nSPS) is 16.0. The highest BCUT2D eigenvalue weighted by atomic mass is 35.5. The summed E-state index contributed by atoms with van der Waals surface area (Å²) in [7, 11) is 0. The van der Waals surface area contributed by atoms with Gasteiger partial charge in [-0.3, -0.25) is 9.69 Å². The van der Waals surface area contributed by atoms with E-state index in [0.717, 1.165) is 31.8 Å². The number of hydrogen-bond acceptors (Lipinski definition) is 5. The van der Waals surface area contributed by atoms with E-state index in [0.29, 0.717) is 36.8 Å². The van der Waals surface area contributed by atoms with E-state index in [4.69, 9.17) is 21.1 Å². The Kier molecular flexibility index (Phi) is 8.58. The zero-order valence-electron chi connectivity index (χ0n) is 18.0. The molecule has 2 aromatic carbocycles. The number of rotatable bonds is 10. The van der Waals surface area contributed by atoms with Crippen molar-refractivity contribution in [1.29, 1.82) is 0 Å². The van der Waals surface area contributed by atoms with Gasteiger partial charge in [0, 0.05) is 38.1 Å². The summed E-state index contributed by atoms with van der Waals surface area (Å²) in [5, 5.41) is 14.2. The highest BCUT2D eigenvalue weighted by Crippen LogP contribution is 2.26. The second-order valence-corrected chi connectivity index (χ2v) is 8.51. The van der Waals surface area contributed by atoms with Crippen molar-refractivity contribution < 1.29 is 19.4 Å². The van der Waals surface area contributed by atoms with Crippen molar-refractivity contribution in [3.63, 3.8) is 0 Å². The Morgan fingerprint density at radius 1 is 1.13 bits per heavy atom. The summed E-state index contributed by atoms with van der Waals surface area (Å²) in [4.78, 5) is 13.2. The standard InChI is InChI=1S/C24H31ClN2O4/c1-19(28)26-12-3-15-30-22-8-6-20(7-9-22)17-27-13-10-24(29,11-14-27)18-31-23-5-2-4-21(25)16-23/h2,4-9,16,29H,3,10-15,17-18H2,1H3,(H,26,28). The molecule has 7 heteroatoms. The molecular weight excluding hydrogens is 416 g/mol. The summed E-state index contributed by atoms with van der Waals surface area (Å²) < 4.78 is 11.5. The van der Waals surface area contributed by atoms with Gasteiger partial charge in [0.2, 0.25) is 5.91 Å². The molecule has 0 saturated carbocycles. The molecule has 0 aliphatic carbocycles. The number of nitrogens with one attached hydrogen (secondary N) is 1. The van der Waals surface area contributed by atoms with Gasteiger partial charge in [0.1, 0.15) is 23.7 Å². The predicted octanol–water partition coefficient (Wildman–Crippen LogP) is 3.65. The van der Waals surface area contributed by atoms with Crippen LogP contribution >= 0.6 is 11.6 Å². The Hall–Kier alpha value is -2.28. The minimum Gasteiger partial charge on any atom is -0.494 e. The Balaban J connectivity index is 1.37. The van der Waals surface area contributed by atoms with Crippen LogP contribution in [0.15, 0.2) is 48.5 Å². The van der Waals surface area contributed by atoms with Crippen LogP contribution in [0, 0.1) is 0 Å². The molecule has 1 fully saturated rings. The summed E-state index contributed by atoms with van der Waals surface area (Å²) in [6.07, 6.45) is 2.12. The number of carbonyl (C=O) groups excluding carboxylic acids is 1. The maximum atomic E-state index is 10.8. The number of benzene rings is 2. The number of piperidine rings is 1. The number of nitrogens with zero attached hydrogens (tertiary/aromatic N) is 1. The number of ether oxygens (including phenoxy) is 2. The molecule has 31 heavy (non-hydrogen) atoms. The molecule has 0 bridgehead atoms. The van der Waals surface area contributed by atoms with E-state index in [1.165, 1.54) is 12.5 Å². The van der Waals surface area contributed by atoms with Gasteiger partial charge in [0.05, 0.1) is 6.61 Å². The van der Waals surface area contributed by atoms with Gasteiger partial charge in [-0.15, -0.1) is 0 Å². The number of hydrogen-bond donors (Lipinski definition) is 2. The minimum absolute atomic E-state index is 0.0193. The van der Waals surface area contributed by atoms with Crippen LogP contribution in [0.1, 0.15) is 31.7 Å².